The summed E-state index contributed by atoms with van der Waals surface area (Å²) in [5, 5.41) is 0.666. The van der Waals surface area contributed by atoms with Gasteiger partial charge < -0.3 is 4.79 Å². The van der Waals surface area contributed by atoms with Gasteiger partial charge in [-0.25, -0.2) is 0 Å². The second-order valence-corrected chi connectivity index (χ2v) is 5.17. The van der Waals surface area contributed by atoms with E-state index in [4.69, 9.17) is 0 Å². The van der Waals surface area contributed by atoms with Gasteiger partial charge in [0.2, 0.25) is 0 Å². The van der Waals surface area contributed by atoms with Gasteiger partial charge >= 0.3 is 0 Å². The lowest BCUT2D eigenvalue weighted by atomic mass is 9.85. The van der Waals surface area contributed by atoms with Gasteiger partial charge in [-0.15, -0.1) is 0 Å². The highest BCUT2D eigenvalue weighted by molar-refractivity contribution is 8.06. The first kappa shape index (κ1) is 11.1. The summed E-state index contributed by atoms with van der Waals surface area (Å²) in [6.45, 7) is 4.43. The van der Waals surface area contributed by atoms with E-state index in [0.29, 0.717) is 17.1 Å². The maximum absolute atomic E-state index is 10.9. The molecule has 0 aromatic heterocycles. The minimum atomic E-state index is 0.349. The van der Waals surface area contributed by atoms with E-state index >= 15 is 0 Å². The van der Waals surface area contributed by atoms with Crippen LogP contribution in [0.15, 0.2) is 0 Å². The van der Waals surface area contributed by atoms with E-state index in [0.717, 1.165) is 0 Å². The summed E-state index contributed by atoms with van der Waals surface area (Å²) in [4.78, 5) is 10.9. The Kier molecular flexibility index (Phi) is 4.86. The molecule has 0 bridgehead atoms. The lowest BCUT2D eigenvalue weighted by Gasteiger charge is -2.20. The van der Waals surface area contributed by atoms with Gasteiger partial charge in [-0.1, -0.05) is 33.1 Å². The Hall–Kier alpha value is 0.0200. The second-order valence-electron chi connectivity index (χ2n) is 3.90. The summed E-state index contributed by atoms with van der Waals surface area (Å²) in [7, 11) is 0. The smallest absolute Gasteiger partial charge is 0.124 e. The molecule has 1 aliphatic heterocycles. The SMILES string of the molecule is CCCCC(CC)C(C=O)C1CS1. The lowest BCUT2D eigenvalue weighted by molar-refractivity contribution is -0.112. The first-order valence-corrected chi connectivity index (χ1v) is 6.45. The van der Waals surface area contributed by atoms with Crippen LogP contribution < -0.4 is 0 Å². The van der Waals surface area contributed by atoms with Crippen molar-refractivity contribution in [2.24, 2.45) is 11.8 Å². The fraction of sp³-hybridized carbons (Fsp3) is 0.909. The van der Waals surface area contributed by atoms with Crippen molar-refractivity contribution >= 4 is 18.0 Å². The third-order valence-electron chi connectivity index (χ3n) is 2.94. The molecule has 0 amide bonds. The fourth-order valence-electron chi connectivity index (χ4n) is 1.92. The van der Waals surface area contributed by atoms with Crippen LogP contribution in [0.3, 0.4) is 0 Å². The molecular weight excluding hydrogens is 180 g/mol. The van der Waals surface area contributed by atoms with Gasteiger partial charge in [0, 0.05) is 16.9 Å². The Morgan fingerprint density at radius 3 is 2.62 bits per heavy atom. The van der Waals surface area contributed by atoms with Gasteiger partial charge in [-0.3, -0.25) is 0 Å². The normalized spacial score (nSPS) is 25.2. The molecule has 0 aliphatic carbocycles. The lowest BCUT2D eigenvalue weighted by Crippen LogP contribution is -2.20. The largest absolute Gasteiger partial charge is 0.303 e. The van der Waals surface area contributed by atoms with Gasteiger partial charge in [0.25, 0.3) is 0 Å². The Morgan fingerprint density at radius 1 is 1.54 bits per heavy atom. The molecule has 1 saturated heterocycles. The molecule has 0 N–H and O–H groups in total. The van der Waals surface area contributed by atoms with Crippen molar-refractivity contribution in [3.8, 4) is 0 Å². The van der Waals surface area contributed by atoms with Crippen LogP contribution in [-0.2, 0) is 4.79 Å². The van der Waals surface area contributed by atoms with Crippen LogP contribution in [0.1, 0.15) is 39.5 Å². The van der Waals surface area contributed by atoms with E-state index in [2.05, 4.69) is 13.8 Å². The number of carbonyl (C=O) groups excluding carboxylic acids is 1. The van der Waals surface area contributed by atoms with Gasteiger partial charge in [-0.2, -0.15) is 11.8 Å². The zero-order chi connectivity index (χ0) is 9.68. The number of aldehydes is 1. The molecule has 0 spiro atoms. The zero-order valence-electron chi connectivity index (χ0n) is 8.66. The number of hydrogen-bond donors (Lipinski definition) is 0. The number of hydrogen-bond acceptors (Lipinski definition) is 2. The van der Waals surface area contributed by atoms with Gasteiger partial charge in [0.15, 0.2) is 0 Å². The average molecular weight is 200 g/mol. The van der Waals surface area contributed by atoms with Crippen molar-refractivity contribution in [2.45, 2.75) is 44.8 Å². The van der Waals surface area contributed by atoms with Gasteiger partial charge in [-0.05, 0) is 12.3 Å². The van der Waals surface area contributed by atoms with Crippen LogP contribution in [0.4, 0.5) is 0 Å². The molecule has 1 heterocycles. The summed E-state index contributed by atoms with van der Waals surface area (Å²) in [6, 6.07) is 0. The monoisotopic (exact) mass is 200 g/mol. The summed E-state index contributed by atoms with van der Waals surface area (Å²) in [5.74, 6) is 2.21. The van der Waals surface area contributed by atoms with Gasteiger partial charge in [0.1, 0.15) is 6.29 Å². The van der Waals surface area contributed by atoms with Crippen LogP contribution in [0.5, 0.6) is 0 Å². The Bertz CT molecular complexity index is 154. The maximum Gasteiger partial charge on any atom is 0.124 e. The minimum Gasteiger partial charge on any atom is -0.303 e. The van der Waals surface area contributed by atoms with Crippen molar-refractivity contribution in [1.82, 2.24) is 0 Å². The van der Waals surface area contributed by atoms with E-state index in [1.165, 1.54) is 37.7 Å². The van der Waals surface area contributed by atoms with Crippen molar-refractivity contribution < 1.29 is 4.79 Å². The summed E-state index contributed by atoms with van der Waals surface area (Å²) >= 11 is 1.95. The molecule has 2 heteroatoms. The van der Waals surface area contributed by atoms with E-state index in [1.807, 2.05) is 11.8 Å². The topological polar surface area (TPSA) is 17.1 Å². The molecule has 3 unspecified atom stereocenters. The third-order valence-corrected chi connectivity index (χ3v) is 3.98. The van der Waals surface area contributed by atoms with Crippen molar-refractivity contribution in [3.05, 3.63) is 0 Å². The molecule has 1 fully saturated rings. The van der Waals surface area contributed by atoms with Crippen molar-refractivity contribution in [3.63, 3.8) is 0 Å². The zero-order valence-corrected chi connectivity index (χ0v) is 9.48. The minimum absolute atomic E-state index is 0.349. The van der Waals surface area contributed by atoms with Crippen LogP contribution in [-0.4, -0.2) is 17.3 Å². The molecule has 3 atom stereocenters. The molecule has 13 heavy (non-hydrogen) atoms. The fourth-order valence-corrected chi connectivity index (χ4v) is 2.76. The predicted octanol–water partition coefficient (Wildman–Crippen LogP) is 3.13. The van der Waals surface area contributed by atoms with E-state index in [1.54, 1.807) is 0 Å². The third kappa shape index (κ3) is 3.34. The molecular formula is C11H20OS. The van der Waals surface area contributed by atoms with E-state index < -0.39 is 0 Å². The summed E-state index contributed by atoms with van der Waals surface area (Å²) in [6.07, 6.45) is 6.14. The highest BCUT2D eigenvalue weighted by atomic mass is 32.2. The van der Waals surface area contributed by atoms with Crippen LogP contribution in [0, 0.1) is 11.8 Å². The Balaban J connectivity index is 2.36. The Labute approximate surface area is 85.7 Å². The van der Waals surface area contributed by atoms with Crippen LogP contribution in [0.25, 0.3) is 0 Å². The Morgan fingerprint density at radius 2 is 2.23 bits per heavy atom. The second kappa shape index (κ2) is 5.69. The maximum atomic E-state index is 10.9. The molecule has 0 saturated carbocycles. The van der Waals surface area contributed by atoms with E-state index in [9.17, 15) is 4.79 Å². The van der Waals surface area contributed by atoms with E-state index in [-0.39, 0.29) is 0 Å². The molecule has 1 aliphatic rings. The average Bonchev–Trinajstić information content (AvgIpc) is 2.95. The predicted molar refractivity (Wildman–Crippen MR) is 59.1 cm³/mol. The number of unbranched alkanes of at least 4 members (excludes halogenated alkanes) is 1. The summed E-state index contributed by atoms with van der Waals surface area (Å²) in [5.41, 5.74) is 0. The molecule has 0 aromatic rings. The highest BCUT2D eigenvalue weighted by Crippen LogP contribution is 2.41. The molecule has 1 rings (SSSR count). The van der Waals surface area contributed by atoms with Gasteiger partial charge in [0.05, 0.1) is 0 Å². The first-order valence-electron chi connectivity index (χ1n) is 5.40. The number of rotatable bonds is 7. The highest BCUT2D eigenvalue weighted by Gasteiger charge is 2.36. The first-order chi connectivity index (χ1) is 6.33. The molecule has 0 radical (unpaired) electrons. The molecule has 1 nitrogen and oxygen atoms in total. The quantitative estimate of drug-likeness (QED) is 0.464. The summed E-state index contributed by atoms with van der Waals surface area (Å²) < 4.78 is 0. The van der Waals surface area contributed by atoms with Crippen LogP contribution in [0.2, 0.25) is 0 Å². The number of carbonyl (C=O) groups is 1. The van der Waals surface area contributed by atoms with Crippen molar-refractivity contribution in [1.29, 1.82) is 0 Å². The number of thioether (sulfide) groups is 1. The molecule has 0 aromatic carbocycles. The van der Waals surface area contributed by atoms with Crippen molar-refractivity contribution in [2.75, 3.05) is 5.75 Å². The molecule has 76 valence electrons. The van der Waals surface area contributed by atoms with Crippen LogP contribution >= 0.6 is 11.8 Å². The standard InChI is InChI=1S/C11H20OS/c1-3-5-6-9(4-2)10(7-12)11-8-13-11/h7,9-11H,3-6,8H2,1-2H3.